The lowest BCUT2D eigenvalue weighted by Crippen LogP contribution is -2.23. The molecule has 0 spiro atoms. The average Bonchev–Trinajstić information content (AvgIpc) is 2.37. The summed E-state index contributed by atoms with van der Waals surface area (Å²) < 4.78 is 22.2. The van der Waals surface area contributed by atoms with E-state index in [1.54, 1.807) is 0 Å². The molecule has 0 aliphatic rings. The summed E-state index contributed by atoms with van der Waals surface area (Å²) >= 11 is 0. The SMILES string of the molecule is COC(=O)CC(O)C(O)c1cc(F)cnc1OC. The molecule has 0 saturated carbocycles. The maximum Gasteiger partial charge on any atom is 0.308 e. The van der Waals surface area contributed by atoms with Gasteiger partial charge in [-0.2, -0.15) is 0 Å². The number of aliphatic hydroxyl groups excluding tert-OH is 2. The van der Waals surface area contributed by atoms with Crippen LogP contribution in [0.4, 0.5) is 4.39 Å². The summed E-state index contributed by atoms with van der Waals surface area (Å²) in [5.41, 5.74) is -0.0334. The van der Waals surface area contributed by atoms with Crippen LogP contribution >= 0.6 is 0 Å². The molecule has 1 heterocycles. The van der Waals surface area contributed by atoms with Crippen molar-refractivity contribution in [1.29, 1.82) is 0 Å². The minimum atomic E-state index is -1.50. The summed E-state index contributed by atoms with van der Waals surface area (Å²) in [5, 5.41) is 19.5. The number of esters is 1. The van der Waals surface area contributed by atoms with Crippen molar-refractivity contribution in [2.24, 2.45) is 0 Å². The third-order valence-corrected chi connectivity index (χ3v) is 2.33. The maximum absolute atomic E-state index is 13.0. The van der Waals surface area contributed by atoms with Crippen molar-refractivity contribution < 1.29 is 28.9 Å². The smallest absolute Gasteiger partial charge is 0.308 e. The summed E-state index contributed by atoms with van der Waals surface area (Å²) in [4.78, 5) is 14.6. The Kier molecular flexibility index (Phi) is 4.99. The molecule has 0 aromatic carbocycles. The number of nitrogens with zero attached hydrogens (tertiary/aromatic N) is 1. The molecule has 1 aromatic rings. The quantitative estimate of drug-likeness (QED) is 0.734. The summed E-state index contributed by atoms with van der Waals surface area (Å²) in [6.45, 7) is 0. The van der Waals surface area contributed by atoms with E-state index in [9.17, 15) is 19.4 Å². The molecule has 7 heteroatoms. The van der Waals surface area contributed by atoms with Crippen molar-refractivity contribution in [3.8, 4) is 5.88 Å². The topological polar surface area (TPSA) is 88.9 Å². The van der Waals surface area contributed by atoms with E-state index < -0.39 is 30.4 Å². The van der Waals surface area contributed by atoms with E-state index in [2.05, 4.69) is 9.72 Å². The standard InChI is InChI=1S/C11H14FNO5/c1-17-9(15)4-8(14)10(16)7-3-6(12)5-13-11(7)18-2/h3,5,8,10,14,16H,4H2,1-2H3. The van der Waals surface area contributed by atoms with E-state index in [4.69, 9.17) is 4.74 Å². The van der Waals surface area contributed by atoms with Crippen LogP contribution in [0, 0.1) is 5.82 Å². The highest BCUT2D eigenvalue weighted by molar-refractivity contribution is 5.69. The molecular weight excluding hydrogens is 245 g/mol. The van der Waals surface area contributed by atoms with Crippen LogP contribution in [-0.4, -0.2) is 41.5 Å². The van der Waals surface area contributed by atoms with Crippen LogP contribution in [-0.2, 0) is 9.53 Å². The normalized spacial score (nSPS) is 13.8. The van der Waals surface area contributed by atoms with Gasteiger partial charge in [-0.15, -0.1) is 0 Å². The summed E-state index contributed by atoms with van der Waals surface area (Å²) in [7, 11) is 2.45. The zero-order valence-corrected chi connectivity index (χ0v) is 9.96. The Balaban J connectivity index is 2.91. The first-order valence-electron chi connectivity index (χ1n) is 5.12. The lowest BCUT2D eigenvalue weighted by molar-refractivity contribution is -0.144. The van der Waals surface area contributed by atoms with Gasteiger partial charge in [0.2, 0.25) is 5.88 Å². The van der Waals surface area contributed by atoms with Crippen molar-refractivity contribution in [3.05, 3.63) is 23.6 Å². The highest BCUT2D eigenvalue weighted by atomic mass is 19.1. The number of rotatable bonds is 5. The minimum absolute atomic E-state index is 0.0205. The van der Waals surface area contributed by atoms with Crippen molar-refractivity contribution in [3.63, 3.8) is 0 Å². The Morgan fingerprint density at radius 3 is 2.72 bits per heavy atom. The number of ether oxygens (including phenoxy) is 2. The van der Waals surface area contributed by atoms with Gasteiger partial charge >= 0.3 is 5.97 Å². The molecule has 2 N–H and O–H groups in total. The fourth-order valence-corrected chi connectivity index (χ4v) is 1.40. The Labute approximate surface area is 103 Å². The van der Waals surface area contributed by atoms with Crippen LogP contribution in [0.25, 0.3) is 0 Å². The first-order valence-corrected chi connectivity index (χ1v) is 5.12. The molecule has 0 aliphatic carbocycles. The first kappa shape index (κ1) is 14.3. The number of carbonyl (C=O) groups is 1. The van der Waals surface area contributed by atoms with Gasteiger partial charge in [-0.25, -0.2) is 9.37 Å². The molecule has 0 saturated heterocycles. The number of hydrogen-bond donors (Lipinski definition) is 2. The molecule has 0 radical (unpaired) electrons. The molecule has 0 aliphatic heterocycles. The average molecular weight is 259 g/mol. The number of halogens is 1. The molecule has 18 heavy (non-hydrogen) atoms. The van der Waals surface area contributed by atoms with Gasteiger partial charge in [0.25, 0.3) is 0 Å². The van der Waals surface area contributed by atoms with Crippen LogP contribution in [0.5, 0.6) is 5.88 Å². The van der Waals surface area contributed by atoms with E-state index in [1.165, 1.54) is 7.11 Å². The van der Waals surface area contributed by atoms with Crippen molar-refractivity contribution in [2.45, 2.75) is 18.6 Å². The number of hydrogen-bond acceptors (Lipinski definition) is 6. The highest BCUT2D eigenvalue weighted by Crippen LogP contribution is 2.27. The number of pyridine rings is 1. The first-order chi connectivity index (χ1) is 8.49. The van der Waals surface area contributed by atoms with E-state index in [-0.39, 0.29) is 11.4 Å². The Morgan fingerprint density at radius 2 is 2.17 bits per heavy atom. The summed E-state index contributed by atoms with van der Waals surface area (Å²) in [6.07, 6.45) is -2.43. The second-order valence-corrected chi connectivity index (χ2v) is 3.54. The monoisotopic (exact) mass is 259 g/mol. The Hall–Kier alpha value is -1.73. The van der Waals surface area contributed by atoms with Gasteiger partial charge in [0.15, 0.2) is 0 Å². The van der Waals surface area contributed by atoms with Crippen molar-refractivity contribution >= 4 is 5.97 Å². The van der Waals surface area contributed by atoms with Crippen LogP contribution in [0.3, 0.4) is 0 Å². The molecule has 1 aromatic heterocycles. The maximum atomic E-state index is 13.0. The van der Waals surface area contributed by atoms with E-state index >= 15 is 0 Å². The van der Waals surface area contributed by atoms with E-state index in [0.717, 1.165) is 19.4 Å². The highest BCUT2D eigenvalue weighted by Gasteiger charge is 2.25. The van der Waals surface area contributed by atoms with Crippen LogP contribution in [0.15, 0.2) is 12.3 Å². The lowest BCUT2D eigenvalue weighted by Gasteiger charge is -2.18. The van der Waals surface area contributed by atoms with Gasteiger partial charge < -0.3 is 19.7 Å². The number of carbonyl (C=O) groups excluding carboxylic acids is 1. The predicted octanol–water partition coefficient (Wildman–Crippen LogP) is 0.187. The van der Waals surface area contributed by atoms with Crippen LogP contribution < -0.4 is 4.74 Å². The predicted molar refractivity (Wildman–Crippen MR) is 58.3 cm³/mol. The molecule has 0 fully saturated rings. The number of aromatic nitrogens is 1. The molecule has 0 bridgehead atoms. The second kappa shape index (κ2) is 6.27. The van der Waals surface area contributed by atoms with Gasteiger partial charge in [0.1, 0.15) is 11.9 Å². The van der Waals surface area contributed by atoms with Gasteiger partial charge in [0, 0.05) is 5.56 Å². The van der Waals surface area contributed by atoms with Gasteiger partial charge in [-0.3, -0.25) is 4.79 Å². The number of aliphatic hydroxyl groups is 2. The summed E-state index contributed by atoms with van der Waals surface area (Å²) in [6, 6.07) is 0.983. The third kappa shape index (κ3) is 3.38. The molecule has 0 amide bonds. The third-order valence-electron chi connectivity index (χ3n) is 2.33. The zero-order chi connectivity index (χ0) is 13.7. The fourth-order valence-electron chi connectivity index (χ4n) is 1.40. The Bertz CT molecular complexity index is 426. The van der Waals surface area contributed by atoms with Crippen LogP contribution in [0.1, 0.15) is 18.1 Å². The van der Waals surface area contributed by atoms with Crippen molar-refractivity contribution in [2.75, 3.05) is 14.2 Å². The summed E-state index contributed by atoms with van der Waals surface area (Å²) in [5.74, 6) is -1.40. The molecule has 6 nitrogen and oxygen atoms in total. The Morgan fingerprint density at radius 1 is 1.50 bits per heavy atom. The molecule has 1 rings (SSSR count). The van der Waals surface area contributed by atoms with E-state index in [1.807, 2.05) is 0 Å². The lowest BCUT2D eigenvalue weighted by atomic mass is 10.0. The number of methoxy groups -OCH3 is 2. The van der Waals surface area contributed by atoms with Gasteiger partial charge in [-0.1, -0.05) is 0 Å². The van der Waals surface area contributed by atoms with E-state index in [0.29, 0.717) is 0 Å². The fraction of sp³-hybridized carbons (Fsp3) is 0.455. The van der Waals surface area contributed by atoms with Gasteiger partial charge in [-0.05, 0) is 6.07 Å². The molecular formula is C11H14FNO5. The van der Waals surface area contributed by atoms with Crippen molar-refractivity contribution in [1.82, 2.24) is 4.98 Å². The molecule has 100 valence electrons. The zero-order valence-electron chi connectivity index (χ0n) is 9.96. The second-order valence-electron chi connectivity index (χ2n) is 3.54. The van der Waals surface area contributed by atoms with Gasteiger partial charge in [0.05, 0.1) is 32.9 Å². The minimum Gasteiger partial charge on any atom is -0.481 e. The largest absolute Gasteiger partial charge is 0.481 e. The van der Waals surface area contributed by atoms with Crippen LogP contribution in [0.2, 0.25) is 0 Å². The molecule has 2 atom stereocenters. The molecule has 2 unspecified atom stereocenters.